The molecule has 1 heterocycles. The molecule has 110 valence electrons. The van der Waals surface area contributed by atoms with E-state index >= 15 is 0 Å². The zero-order chi connectivity index (χ0) is 15.4. The van der Waals surface area contributed by atoms with Crippen LogP contribution in [0.4, 0.5) is 0 Å². The van der Waals surface area contributed by atoms with Crippen molar-refractivity contribution < 1.29 is 14.3 Å². The SMILES string of the molecule is COc1ccccc1[C@@H](C)NC(=O)c1cc(C(C)=O)c[nH]1. The van der Waals surface area contributed by atoms with E-state index in [0.29, 0.717) is 11.3 Å². The number of rotatable bonds is 5. The third-order valence-electron chi connectivity index (χ3n) is 3.29. The van der Waals surface area contributed by atoms with E-state index in [0.717, 1.165) is 11.3 Å². The molecule has 0 aliphatic rings. The first-order valence-electron chi connectivity index (χ1n) is 6.66. The summed E-state index contributed by atoms with van der Waals surface area (Å²) in [7, 11) is 1.59. The van der Waals surface area contributed by atoms with Gasteiger partial charge in [0.05, 0.1) is 13.2 Å². The van der Waals surface area contributed by atoms with Gasteiger partial charge in [-0.1, -0.05) is 18.2 Å². The minimum absolute atomic E-state index is 0.0805. The summed E-state index contributed by atoms with van der Waals surface area (Å²) in [5.41, 5.74) is 1.75. The quantitative estimate of drug-likeness (QED) is 0.830. The highest BCUT2D eigenvalue weighted by Crippen LogP contribution is 2.24. The number of aromatic nitrogens is 1. The van der Waals surface area contributed by atoms with Gasteiger partial charge >= 0.3 is 0 Å². The molecule has 5 heteroatoms. The van der Waals surface area contributed by atoms with Crippen LogP contribution in [0.1, 0.15) is 46.3 Å². The number of ketones is 1. The van der Waals surface area contributed by atoms with Crippen molar-refractivity contribution in [1.29, 1.82) is 0 Å². The number of amides is 1. The Kier molecular flexibility index (Phi) is 4.42. The lowest BCUT2D eigenvalue weighted by molar-refractivity contribution is 0.0935. The molecule has 0 saturated heterocycles. The van der Waals surface area contributed by atoms with Crippen molar-refractivity contribution in [3.8, 4) is 5.75 Å². The van der Waals surface area contributed by atoms with Crippen molar-refractivity contribution in [2.45, 2.75) is 19.9 Å². The molecule has 1 amide bonds. The number of benzene rings is 1. The molecule has 0 aliphatic heterocycles. The second-order valence-electron chi connectivity index (χ2n) is 4.80. The van der Waals surface area contributed by atoms with E-state index in [1.54, 1.807) is 13.2 Å². The van der Waals surface area contributed by atoms with Crippen molar-refractivity contribution >= 4 is 11.7 Å². The van der Waals surface area contributed by atoms with Crippen molar-refractivity contribution in [3.05, 3.63) is 53.3 Å². The minimum Gasteiger partial charge on any atom is -0.496 e. The Bertz CT molecular complexity index is 661. The Labute approximate surface area is 123 Å². The zero-order valence-electron chi connectivity index (χ0n) is 12.3. The molecule has 0 radical (unpaired) electrons. The van der Waals surface area contributed by atoms with Crippen LogP contribution in [-0.4, -0.2) is 23.8 Å². The number of hydrogen-bond acceptors (Lipinski definition) is 3. The summed E-state index contributed by atoms with van der Waals surface area (Å²) in [6.45, 7) is 3.34. The number of H-pyrrole nitrogens is 1. The fourth-order valence-corrected chi connectivity index (χ4v) is 2.10. The van der Waals surface area contributed by atoms with Crippen LogP contribution in [0.3, 0.4) is 0 Å². The smallest absolute Gasteiger partial charge is 0.268 e. The molecule has 0 fully saturated rings. The van der Waals surface area contributed by atoms with E-state index in [-0.39, 0.29) is 17.7 Å². The van der Waals surface area contributed by atoms with Crippen molar-refractivity contribution in [1.82, 2.24) is 10.3 Å². The molecule has 21 heavy (non-hydrogen) atoms. The molecule has 1 atom stereocenters. The molecule has 0 saturated carbocycles. The van der Waals surface area contributed by atoms with Gasteiger partial charge in [-0.15, -0.1) is 0 Å². The summed E-state index contributed by atoms with van der Waals surface area (Å²) in [6.07, 6.45) is 1.53. The number of carbonyl (C=O) groups excluding carboxylic acids is 2. The number of Topliss-reactive ketones (excluding diaryl/α,β-unsaturated/α-hetero) is 1. The topological polar surface area (TPSA) is 71.2 Å². The maximum Gasteiger partial charge on any atom is 0.268 e. The van der Waals surface area contributed by atoms with E-state index < -0.39 is 0 Å². The highest BCUT2D eigenvalue weighted by atomic mass is 16.5. The number of ether oxygens (including phenoxy) is 1. The second-order valence-corrected chi connectivity index (χ2v) is 4.80. The van der Waals surface area contributed by atoms with E-state index in [9.17, 15) is 9.59 Å². The van der Waals surface area contributed by atoms with Gasteiger partial charge in [-0.2, -0.15) is 0 Å². The van der Waals surface area contributed by atoms with Gasteiger partial charge in [-0.25, -0.2) is 0 Å². The lowest BCUT2D eigenvalue weighted by atomic mass is 10.1. The lowest BCUT2D eigenvalue weighted by Gasteiger charge is -2.16. The molecular formula is C16H18N2O3. The van der Waals surface area contributed by atoms with Crippen LogP contribution >= 0.6 is 0 Å². The first-order chi connectivity index (χ1) is 10.0. The molecule has 2 aromatic rings. The molecule has 1 aromatic heterocycles. The Hall–Kier alpha value is -2.56. The Morgan fingerprint density at radius 3 is 2.62 bits per heavy atom. The average molecular weight is 286 g/mol. The van der Waals surface area contributed by atoms with Crippen molar-refractivity contribution in [2.75, 3.05) is 7.11 Å². The molecule has 5 nitrogen and oxygen atoms in total. The summed E-state index contributed by atoms with van der Waals surface area (Å²) in [6, 6.07) is 8.86. The number of carbonyl (C=O) groups is 2. The van der Waals surface area contributed by atoms with Crippen LogP contribution in [0.15, 0.2) is 36.5 Å². The zero-order valence-corrected chi connectivity index (χ0v) is 12.3. The standard InChI is InChI=1S/C16H18N2O3/c1-10(13-6-4-5-7-15(13)21-3)18-16(20)14-8-12(9-17-14)11(2)19/h4-10,17H,1-3H3,(H,18,20)/t10-/m1/s1. The summed E-state index contributed by atoms with van der Waals surface area (Å²) >= 11 is 0. The molecule has 1 aromatic carbocycles. The summed E-state index contributed by atoms with van der Waals surface area (Å²) in [4.78, 5) is 26.2. The molecule has 0 aliphatic carbocycles. The number of para-hydroxylation sites is 1. The number of methoxy groups -OCH3 is 1. The fourth-order valence-electron chi connectivity index (χ4n) is 2.10. The van der Waals surface area contributed by atoms with Crippen LogP contribution in [0.2, 0.25) is 0 Å². The Morgan fingerprint density at radius 1 is 1.29 bits per heavy atom. The first-order valence-corrected chi connectivity index (χ1v) is 6.66. The van der Waals surface area contributed by atoms with Gasteiger partial charge in [0.25, 0.3) is 5.91 Å². The predicted octanol–water partition coefficient (Wildman–Crippen LogP) is 2.72. The van der Waals surface area contributed by atoms with Crippen LogP contribution < -0.4 is 10.1 Å². The predicted molar refractivity (Wildman–Crippen MR) is 79.7 cm³/mol. The van der Waals surface area contributed by atoms with E-state index in [4.69, 9.17) is 4.74 Å². The molecule has 0 spiro atoms. The lowest BCUT2D eigenvalue weighted by Crippen LogP contribution is -2.27. The third kappa shape index (κ3) is 3.31. The van der Waals surface area contributed by atoms with Gasteiger partial charge in [0.1, 0.15) is 11.4 Å². The van der Waals surface area contributed by atoms with Gasteiger partial charge in [0.2, 0.25) is 0 Å². The summed E-state index contributed by atoms with van der Waals surface area (Å²) < 4.78 is 5.29. The van der Waals surface area contributed by atoms with Crippen molar-refractivity contribution in [2.24, 2.45) is 0 Å². The van der Waals surface area contributed by atoms with E-state index in [1.807, 2.05) is 31.2 Å². The van der Waals surface area contributed by atoms with Crippen molar-refractivity contribution in [3.63, 3.8) is 0 Å². The van der Waals surface area contributed by atoms with Crippen LogP contribution in [0, 0.1) is 0 Å². The third-order valence-corrected chi connectivity index (χ3v) is 3.29. The molecule has 0 unspecified atom stereocenters. The minimum atomic E-state index is -0.263. The maximum absolute atomic E-state index is 12.2. The Morgan fingerprint density at radius 2 is 2.00 bits per heavy atom. The van der Waals surface area contributed by atoms with Gasteiger partial charge in [0, 0.05) is 17.3 Å². The average Bonchev–Trinajstić information content (AvgIpc) is 2.97. The summed E-state index contributed by atoms with van der Waals surface area (Å²) in [5, 5.41) is 2.88. The van der Waals surface area contributed by atoms with Crippen LogP contribution in [0.25, 0.3) is 0 Å². The maximum atomic E-state index is 12.2. The van der Waals surface area contributed by atoms with Gasteiger partial charge < -0.3 is 15.0 Å². The van der Waals surface area contributed by atoms with Crippen LogP contribution in [0.5, 0.6) is 5.75 Å². The normalized spacial score (nSPS) is 11.8. The second kappa shape index (κ2) is 6.26. The van der Waals surface area contributed by atoms with Gasteiger partial charge in [-0.05, 0) is 26.0 Å². The molecule has 2 rings (SSSR count). The van der Waals surface area contributed by atoms with E-state index in [2.05, 4.69) is 10.3 Å². The highest BCUT2D eigenvalue weighted by molar-refractivity contribution is 5.99. The summed E-state index contributed by atoms with van der Waals surface area (Å²) in [5.74, 6) is 0.380. The van der Waals surface area contributed by atoms with E-state index in [1.165, 1.54) is 13.1 Å². The fraction of sp³-hybridized carbons (Fsp3) is 0.250. The molecule has 0 bridgehead atoms. The number of nitrogens with one attached hydrogen (secondary N) is 2. The van der Waals surface area contributed by atoms with Gasteiger partial charge in [-0.3, -0.25) is 9.59 Å². The molecule has 2 N–H and O–H groups in total. The number of aromatic amines is 1. The Balaban J connectivity index is 2.13. The monoisotopic (exact) mass is 286 g/mol. The molecular weight excluding hydrogens is 268 g/mol. The largest absolute Gasteiger partial charge is 0.496 e. The first kappa shape index (κ1) is 14.8. The highest BCUT2D eigenvalue weighted by Gasteiger charge is 2.16. The van der Waals surface area contributed by atoms with Gasteiger partial charge in [0.15, 0.2) is 5.78 Å². The van der Waals surface area contributed by atoms with Crippen LogP contribution in [-0.2, 0) is 0 Å². The number of hydrogen-bond donors (Lipinski definition) is 2.